The summed E-state index contributed by atoms with van der Waals surface area (Å²) in [6.07, 6.45) is 33.7. The van der Waals surface area contributed by atoms with E-state index in [1.54, 1.807) is 0 Å². The third kappa shape index (κ3) is 6.69. The maximum absolute atomic E-state index is 4.95. The molecule has 16 fully saturated rings. The number of hydrogen-bond acceptors (Lipinski definition) is 4. The third-order valence-corrected chi connectivity index (χ3v) is 17.1. The zero-order valence-corrected chi connectivity index (χ0v) is 33.8. The molecule has 0 radical (unpaired) electrons. The van der Waals surface area contributed by atoms with E-state index in [-0.39, 0.29) is 22.2 Å². The van der Waals surface area contributed by atoms with E-state index in [1.165, 1.54) is 154 Å². The van der Waals surface area contributed by atoms with E-state index in [2.05, 4.69) is 10.4 Å². The van der Waals surface area contributed by atoms with Crippen molar-refractivity contribution in [2.45, 2.75) is 176 Å². The second kappa shape index (κ2) is 12.9. The summed E-state index contributed by atoms with van der Waals surface area (Å²) in [6.45, 7) is 0. The molecule has 0 aromatic carbocycles. The van der Waals surface area contributed by atoms with Crippen LogP contribution in [0.5, 0.6) is 0 Å². The van der Waals surface area contributed by atoms with Crippen molar-refractivity contribution in [3.63, 3.8) is 0 Å². The number of halogens is 2. The van der Waals surface area contributed by atoms with Gasteiger partial charge in [0.2, 0.25) is 0 Å². The number of hydrogen-bond donors (Lipinski definition) is 0. The summed E-state index contributed by atoms with van der Waals surface area (Å²) in [5.74, 6) is 11.5. The van der Waals surface area contributed by atoms with Crippen molar-refractivity contribution in [1.82, 2.24) is 0 Å². The molecular weight excluding hydrogens is 727 g/mol. The molecule has 0 spiro atoms. The van der Waals surface area contributed by atoms with E-state index < -0.39 is 20.8 Å². The predicted molar refractivity (Wildman–Crippen MR) is 192 cm³/mol. The van der Waals surface area contributed by atoms with Crippen molar-refractivity contribution < 1.29 is 20.8 Å². The van der Waals surface area contributed by atoms with Gasteiger partial charge in [-0.2, -0.15) is 0 Å². The Morgan fingerprint density at radius 2 is 0.531 bits per heavy atom. The van der Waals surface area contributed by atoms with Gasteiger partial charge in [0.15, 0.2) is 0 Å². The molecule has 6 nitrogen and oxygen atoms in total. The molecule has 0 unspecified atom stereocenters. The van der Waals surface area contributed by atoms with Crippen molar-refractivity contribution in [2.75, 3.05) is 0 Å². The molecule has 0 aromatic rings. The first-order valence-corrected chi connectivity index (χ1v) is 27.3. The second-order valence-corrected chi connectivity index (χ2v) is 24.9. The molecule has 0 atom stereocenters. The van der Waals surface area contributed by atoms with Crippen LogP contribution < -0.4 is 0 Å². The van der Waals surface area contributed by atoms with Gasteiger partial charge in [0.05, 0.1) is 0 Å². The first kappa shape index (κ1) is 33.8. The molecule has 16 aliphatic rings. The van der Waals surface area contributed by atoms with E-state index in [9.17, 15) is 0 Å². The molecule has 0 amide bonds. The van der Waals surface area contributed by atoms with E-state index in [4.69, 9.17) is 38.1 Å². The molecule has 0 aliphatic heterocycles. The van der Waals surface area contributed by atoms with Gasteiger partial charge in [0.25, 0.3) is 0 Å². The van der Waals surface area contributed by atoms with Crippen LogP contribution in [-0.4, -0.2) is 22.2 Å². The van der Waals surface area contributed by atoms with E-state index in [0.717, 1.165) is 71.0 Å². The minimum atomic E-state index is -0.826. The van der Waals surface area contributed by atoms with E-state index in [1.807, 2.05) is 0 Å². The zero-order valence-electron chi connectivity index (χ0n) is 29.8. The quantitative estimate of drug-likeness (QED) is 0.190. The van der Waals surface area contributed by atoms with Crippen molar-refractivity contribution >= 4 is 17.0 Å². The van der Waals surface area contributed by atoms with Gasteiger partial charge < -0.3 is 21.1 Å². The van der Waals surface area contributed by atoms with Crippen LogP contribution in [0.1, 0.15) is 154 Å². The van der Waals surface area contributed by atoms with Crippen LogP contribution in [0.25, 0.3) is 10.9 Å². The Bertz CT molecular complexity index is 1060. The summed E-state index contributed by atoms with van der Waals surface area (Å²) >= 11 is -0.826. The van der Waals surface area contributed by atoms with Crippen molar-refractivity contribution in [3.05, 3.63) is 10.9 Å². The van der Waals surface area contributed by atoms with Crippen molar-refractivity contribution in [3.8, 4) is 0 Å². The van der Waals surface area contributed by atoms with Gasteiger partial charge in [-0.1, -0.05) is 0 Å². The Hall–Kier alpha value is 0.263. The average molecular weight is 787 g/mol. The van der Waals surface area contributed by atoms with Gasteiger partial charge in [-0.25, -0.2) is 0 Å². The summed E-state index contributed by atoms with van der Waals surface area (Å²) in [4.78, 5) is 0. The van der Waals surface area contributed by atoms with Gasteiger partial charge in [0.1, 0.15) is 0 Å². The Labute approximate surface area is 314 Å². The molecule has 49 heavy (non-hydrogen) atoms. The fraction of sp³-hybridized carbons (Fsp3) is 1.00. The van der Waals surface area contributed by atoms with Crippen LogP contribution >= 0.6 is 17.0 Å². The Morgan fingerprint density at radius 1 is 0.347 bits per heavy atom. The molecule has 0 heterocycles. The zero-order chi connectivity index (χ0) is 32.8. The van der Waals surface area contributed by atoms with Crippen LogP contribution in [-0.2, 0) is 20.8 Å². The molecule has 16 rings (SSSR count). The predicted octanol–water partition coefficient (Wildman–Crippen LogP) is 12.7. The first-order valence-electron chi connectivity index (χ1n) is 21.0. The third-order valence-electron chi connectivity index (χ3n) is 17.1. The van der Waals surface area contributed by atoms with Crippen LogP contribution in [0, 0.1) is 71.0 Å². The topological polar surface area (TPSA) is 77.6 Å². The van der Waals surface area contributed by atoms with Gasteiger partial charge in [-0.3, -0.25) is 10.4 Å². The fourth-order valence-electron chi connectivity index (χ4n) is 17.2. The summed E-state index contributed by atoms with van der Waals surface area (Å²) in [5, 5.41) is 19.1. The van der Waals surface area contributed by atoms with E-state index >= 15 is 0 Å². The maximum atomic E-state index is 4.95. The van der Waals surface area contributed by atoms with E-state index in [0.29, 0.717) is 0 Å². The number of nitrogens with zero attached hydrogens (tertiary/aromatic N) is 6. The molecule has 16 bridgehead atoms. The molecule has 0 N–H and O–H groups in total. The fourth-order valence-corrected chi connectivity index (χ4v) is 17.2. The first-order chi connectivity index (χ1) is 23.8. The van der Waals surface area contributed by atoms with Gasteiger partial charge in [-0.15, -0.1) is 0 Å². The van der Waals surface area contributed by atoms with Crippen LogP contribution in [0.15, 0.2) is 20.7 Å². The van der Waals surface area contributed by atoms with Gasteiger partial charge in [0, 0.05) is 0 Å². The SMILES string of the molecule is C1C2CC3CC1CC(N=N[N-]C14CC5CC(CC(C5)C1)C4)(C2)C3.C1C2CC3CC1CC(N=N[N-]C14CC5CC(CC(C5)C1)C4)(C2)C3.[Cl][Zr+2][Cl]. The Kier molecular flexibility index (Phi) is 8.93. The van der Waals surface area contributed by atoms with Gasteiger partial charge >= 0.3 is 37.9 Å². The van der Waals surface area contributed by atoms with Crippen LogP contribution in [0.3, 0.4) is 0 Å². The van der Waals surface area contributed by atoms with Crippen LogP contribution in [0.4, 0.5) is 0 Å². The molecule has 268 valence electrons. The van der Waals surface area contributed by atoms with Crippen molar-refractivity contribution in [2.24, 2.45) is 91.7 Å². The molecule has 0 saturated heterocycles. The average Bonchev–Trinajstić information content (AvgIpc) is 2.99. The Morgan fingerprint density at radius 3 is 0.735 bits per heavy atom. The minimum absolute atomic E-state index is 0.209. The van der Waals surface area contributed by atoms with Crippen molar-refractivity contribution in [1.29, 1.82) is 0 Å². The summed E-state index contributed by atoms with van der Waals surface area (Å²) in [7, 11) is 9.87. The molecule has 9 heteroatoms. The molecular formula is C40H60Cl2N6Zr. The Balaban J connectivity index is 0.000000116. The summed E-state index contributed by atoms with van der Waals surface area (Å²) in [6, 6.07) is 0. The van der Waals surface area contributed by atoms with Crippen LogP contribution in [0.2, 0.25) is 0 Å². The normalized spacial score (nSPS) is 55.7. The monoisotopic (exact) mass is 784 g/mol. The standard InChI is InChI=1S/2C20H30N3.2ClH.Zr/c2*1-13-2-15-3-14(1)8-19(7-13,9-15)21-23-22-20-10-16-4-17(11-20)6-18(5-16)12-20;;;/h2*13-18H,1-12H2;2*1H;/q2*-1;;;+4/p-2. The summed E-state index contributed by atoms with van der Waals surface area (Å²) < 4.78 is 0. The molecule has 16 saturated carbocycles. The number of rotatable bonds is 6. The second-order valence-electron chi connectivity index (χ2n) is 21.2. The van der Waals surface area contributed by atoms with Gasteiger partial charge in [-0.05, 0) is 247 Å². The molecule has 16 aliphatic carbocycles. The molecule has 0 aromatic heterocycles. The summed E-state index contributed by atoms with van der Waals surface area (Å²) in [5.41, 5.74) is 10.7.